The van der Waals surface area contributed by atoms with Crippen molar-refractivity contribution in [3.63, 3.8) is 0 Å². The van der Waals surface area contributed by atoms with Crippen molar-refractivity contribution in [1.82, 2.24) is 20.0 Å². The normalized spacial score (nSPS) is 15.4. The van der Waals surface area contributed by atoms with Crippen molar-refractivity contribution in [1.29, 1.82) is 0 Å². The average Bonchev–Trinajstić information content (AvgIpc) is 3.18. The smallest absolute Gasteiger partial charge is 0.266 e. The van der Waals surface area contributed by atoms with E-state index < -0.39 is 6.10 Å². The van der Waals surface area contributed by atoms with Gasteiger partial charge in [0.25, 0.3) is 5.91 Å². The number of benzene rings is 1. The molecule has 0 bridgehead atoms. The lowest BCUT2D eigenvalue weighted by molar-refractivity contribution is -0.122. The molecule has 26 heavy (non-hydrogen) atoms. The number of fused-ring (bicyclic) bond motifs is 1. The van der Waals surface area contributed by atoms with Crippen molar-refractivity contribution in [3.05, 3.63) is 59.2 Å². The quantitative estimate of drug-likeness (QED) is 0.782. The van der Waals surface area contributed by atoms with Gasteiger partial charge in [-0.25, -0.2) is 4.39 Å². The average molecular weight is 353 g/mol. The first kappa shape index (κ1) is 16.2. The first-order valence-electron chi connectivity index (χ1n) is 8.13. The maximum Gasteiger partial charge on any atom is 0.266 e. The van der Waals surface area contributed by atoms with Crippen LogP contribution in [0.2, 0.25) is 0 Å². The van der Waals surface area contributed by atoms with Gasteiger partial charge in [-0.05, 0) is 44.2 Å². The Labute approximate surface area is 148 Å². The van der Waals surface area contributed by atoms with E-state index in [1.54, 1.807) is 12.1 Å². The van der Waals surface area contributed by atoms with E-state index in [2.05, 4.69) is 20.6 Å². The van der Waals surface area contributed by atoms with Gasteiger partial charge in [0.1, 0.15) is 17.4 Å². The van der Waals surface area contributed by atoms with Crippen LogP contribution < -0.4 is 10.1 Å². The second kappa shape index (κ2) is 6.21. The molecule has 0 saturated carbocycles. The summed E-state index contributed by atoms with van der Waals surface area (Å²) in [4.78, 5) is 12.6. The predicted octanol–water partition coefficient (Wildman–Crippen LogP) is 2.36. The maximum absolute atomic E-state index is 13.3. The molecule has 1 atom stereocenters. The zero-order valence-electron chi connectivity index (χ0n) is 14.2. The van der Waals surface area contributed by atoms with Gasteiger partial charge in [0.05, 0.1) is 11.4 Å². The van der Waals surface area contributed by atoms with Crippen LogP contribution >= 0.6 is 0 Å². The van der Waals surface area contributed by atoms with Gasteiger partial charge < -0.3 is 10.1 Å². The zero-order valence-corrected chi connectivity index (χ0v) is 14.2. The molecule has 0 aliphatic carbocycles. The van der Waals surface area contributed by atoms with Crippen LogP contribution in [0.4, 0.5) is 10.2 Å². The number of anilines is 1. The van der Waals surface area contributed by atoms with Gasteiger partial charge in [-0.1, -0.05) is 0 Å². The van der Waals surface area contributed by atoms with E-state index in [-0.39, 0.29) is 11.7 Å². The third kappa shape index (κ3) is 3.01. The largest absolute Gasteiger partial charge is 0.480 e. The van der Waals surface area contributed by atoms with Gasteiger partial charge in [0.2, 0.25) is 0 Å². The molecule has 1 amide bonds. The molecule has 132 valence electrons. The summed E-state index contributed by atoms with van der Waals surface area (Å²) in [5.41, 5.74) is 2.19. The number of carbonyl (C=O) groups is 1. The third-order valence-corrected chi connectivity index (χ3v) is 4.07. The highest BCUT2D eigenvalue weighted by molar-refractivity contribution is 5.94. The van der Waals surface area contributed by atoms with Gasteiger partial charge in [-0.15, -0.1) is 5.10 Å². The first-order chi connectivity index (χ1) is 12.5. The van der Waals surface area contributed by atoms with Crippen molar-refractivity contribution in [2.24, 2.45) is 0 Å². The molecule has 0 radical (unpaired) electrons. The van der Waals surface area contributed by atoms with Crippen LogP contribution in [0.3, 0.4) is 0 Å². The monoisotopic (exact) mass is 353 g/mol. The number of rotatable bonds is 3. The summed E-state index contributed by atoms with van der Waals surface area (Å²) < 4.78 is 20.5. The summed E-state index contributed by atoms with van der Waals surface area (Å²) in [6.45, 7) is 3.66. The highest BCUT2D eigenvalue weighted by atomic mass is 19.1. The molecule has 0 saturated heterocycles. The Morgan fingerprint density at radius 3 is 2.81 bits per heavy atom. The minimum atomic E-state index is -0.723. The van der Waals surface area contributed by atoms with Crippen LogP contribution in [0.5, 0.6) is 5.75 Å². The second-order valence-corrected chi connectivity index (χ2v) is 6.17. The lowest BCUT2D eigenvalue weighted by Crippen LogP contribution is -2.32. The molecular weight excluding hydrogens is 337 g/mol. The maximum atomic E-state index is 13.3. The number of hydrogen-bond acceptors (Lipinski definition) is 5. The minimum Gasteiger partial charge on any atom is -0.480 e. The number of carbonyl (C=O) groups excluding carboxylic acids is 1. The fourth-order valence-corrected chi connectivity index (χ4v) is 2.84. The van der Waals surface area contributed by atoms with Crippen LogP contribution in [0, 0.1) is 19.7 Å². The summed E-state index contributed by atoms with van der Waals surface area (Å²) in [5, 5.41) is 15.3. The molecule has 1 aromatic carbocycles. The molecule has 1 unspecified atom stereocenters. The Morgan fingerprint density at radius 1 is 1.19 bits per heavy atom. The van der Waals surface area contributed by atoms with E-state index >= 15 is 0 Å². The Morgan fingerprint density at radius 2 is 2.04 bits per heavy atom. The van der Waals surface area contributed by atoms with Crippen molar-refractivity contribution < 1.29 is 13.9 Å². The van der Waals surface area contributed by atoms with E-state index in [1.165, 1.54) is 22.9 Å². The number of aryl methyl sites for hydroxylation is 2. The lowest BCUT2D eigenvalue weighted by atomic mass is 10.1. The molecule has 8 heteroatoms. The van der Waals surface area contributed by atoms with E-state index in [0.717, 1.165) is 11.4 Å². The third-order valence-electron chi connectivity index (χ3n) is 4.07. The highest BCUT2D eigenvalue weighted by Gasteiger charge is 2.30. The van der Waals surface area contributed by atoms with Gasteiger partial charge >= 0.3 is 0 Å². The topological polar surface area (TPSA) is 81.9 Å². The van der Waals surface area contributed by atoms with Crippen molar-refractivity contribution in [2.75, 3.05) is 5.32 Å². The van der Waals surface area contributed by atoms with Crippen LogP contribution in [-0.4, -0.2) is 32.0 Å². The van der Waals surface area contributed by atoms with E-state index in [9.17, 15) is 9.18 Å². The highest BCUT2D eigenvalue weighted by Crippen LogP contribution is 2.30. The molecule has 1 aliphatic heterocycles. The molecule has 3 aromatic rings. The molecule has 7 nitrogen and oxygen atoms in total. The Bertz CT molecular complexity index is 984. The number of hydrogen-bond donors (Lipinski definition) is 1. The molecular formula is C18H16FN5O2. The SMILES string of the molecule is Cc1ccc(-n2nc(C)cc2NC(=O)C2Cc3cc(F)ccc3O2)nn1. The lowest BCUT2D eigenvalue weighted by Gasteiger charge is -2.12. The molecule has 1 N–H and O–H groups in total. The molecule has 2 aromatic heterocycles. The molecule has 0 fully saturated rings. The minimum absolute atomic E-state index is 0.316. The fraction of sp³-hybridized carbons (Fsp3) is 0.222. The van der Waals surface area contributed by atoms with E-state index in [1.807, 2.05) is 19.9 Å². The number of ether oxygens (including phenoxy) is 1. The number of aromatic nitrogens is 4. The number of nitrogens with one attached hydrogen (secondary N) is 1. The van der Waals surface area contributed by atoms with Gasteiger partial charge in [-0.3, -0.25) is 4.79 Å². The van der Waals surface area contributed by atoms with Crippen LogP contribution in [-0.2, 0) is 11.2 Å². The van der Waals surface area contributed by atoms with Gasteiger partial charge in [0, 0.05) is 18.1 Å². The summed E-state index contributed by atoms with van der Waals surface area (Å²) in [5.74, 6) is 0.816. The molecule has 4 rings (SSSR count). The van der Waals surface area contributed by atoms with Crippen molar-refractivity contribution in [3.8, 4) is 11.6 Å². The van der Waals surface area contributed by atoms with Crippen molar-refractivity contribution in [2.45, 2.75) is 26.4 Å². The Balaban J connectivity index is 1.55. The second-order valence-electron chi connectivity index (χ2n) is 6.17. The number of nitrogens with zero attached hydrogens (tertiary/aromatic N) is 4. The standard InChI is InChI=1S/C18H16FN5O2/c1-10-3-6-16(22-21-10)24-17(7-11(2)23-24)20-18(25)15-9-12-8-13(19)4-5-14(12)26-15/h3-8,15H,9H2,1-2H3,(H,20,25). The van der Waals surface area contributed by atoms with Crippen molar-refractivity contribution >= 4 is 11.7 Å². The van der Waals surface area contributed by atoms with E-state index in [0.29, 0.717) is 29.4 Å². The summed E-state index contributed by atoms with van der Waals surface area (Å²) in [6, 6.07) is 9.56. The van der Waals surface area contributed by atoms with Crippen LogP contribution in [0.25, 0.3) is 5.82 Å². The van der Waals surface area contributed by atoms with Crippen LogP contribution in [0.15, 0.2) is 36.4 Å². The Hall–Kier alpha value is -3.29. The predicted molar refractivity (Wildman–Crippen MR) is 91.8 cm³/mol. The summed E-state index contributed by atoms with van der Waals surface area (Å²) in [6.07, 6.45) is -0.407. The first-order valence-corrected chi connectivity index (χ1v) is 8.13. The number of halogens is 1. The number of amides is 1. The van der Waals surface area contributed by atoms with Gasteiger partial charge in [0.15, 0.2) is 11.9 Å². The fourth-order valence-electron chi connectivity index (χ4n) is 2.84. The molecule has 0 spiro atoms. The van der Waals surface area contributed by atoms with E-state index in [4.69, 9.17) is 4.74 Å². The molecule has 3 heterocycles. The summed E-state index contributed by atoms with van der Waals surface area (Å²) in [7, 11) is 0. The van der Waals surface area contributed by atoms with Gasteiger partial charge in [-0.2, -0.15) is 14.9 Å². The zero-order chi connectivity index (χ0) is 18.3. The Kier molecular flexibility index (Phi) is 3.87. The molecule has 1 aliphatic rings. The van der Waals surface area contributed by atoms with Crippen LogP contribution in [0.1, 0.15) is 17.0 Å². The summed E-state index contributed by atoms with van der Waals surface area (Å²) >= 11 is 0.